The second-order valence-electron chi connectivity index (χ2n) is 5.53. The fraction of sp³-hybridized carbons (Fsp3) is 1.00. The van der Waals surface area contributed by atoms with Gasteiger partial charge >= 0.3 is 0 Å². The summed E-state index contributed by atoms with van der Waals surface area (Å²) in [5.74, 6) is 0.789. The van der Waals surface area contributed by atoms with Crippen molar-refractivity contribution < 1.29 is 4.74 Å². The summed E-state index contributed by atoms with van der Waals surface area (Å²) in [5.41, 5.74) is 6.30. The van der Waals surface area contributed by atoms with Crippen molar-refractivity contribution in [2.75, 3.05) is 6.54 Å². The number of ether oxygens (including phenoxy) is 1. The van der Waals surface area contributed by atoms with Gasteiger partial charge in [0, 0.05) is 12.0 Å². The topological polar surface area (TPSA) is 35.2 Å². The van der Waals surface area contributed by atoms with Gasteiger partial charge in [-0.05, 0) is 31.6 Å². The minimum absolute atomic E-state index is 0.340. The largest absolute Gasteiger partial charge is 0.374 e. The molecule has 82 valence electrons. The molecule has 3 atom stereocenters. The molecule has 2 saturated heterocycles. The lowest BCUT2D eigenvalue weighted by Gasteiger charge is -2.34. The van der Waals surface area contributed by atoms with Crippen LogP contribution in [0.4, 0.5) is 0 Å². The molecule has 0 spiro atoms. The molecular weight excluding hydrogens is 174 g/mol. The molecule has 0 aromatic carbocycles. The van der Waals surface area contributed by atoms with Gasteiger partial charge < -0.3 is 10.5 Å². The van der Waals surface area contributed by atoms with E-state index in [1.165, 1.54) is 32.1 Å². The van der Waals surface area contributed by atoms with Crippen LogP contribution in [0.2, 0.25) is 0 Å². The molecule has 0 aromatic rings. The minimum Gasteiger partial charge on any atom is -0.374 e. The summed E-state index contributed by atoms with van der Waals surface area (Å²) >= 11 is 0. The summed E-state index contributed by atoms with van der Waals surface area (Å²) < 4.78 is 5.93. The Morgan fingerprint density at radius 3 is 2.64 bits per heavy atom. The molecule has 0 radical (unpaired) electrons. The molecule has 2 heteroatoms. The van der Waals surface area contributed by atoms with Crippen LogP contribution in [0.15, 0.2) is 0 Å². The van der Waals surface area contributed by atoms with Crippen LogP contribution in [0, 0.1) is 11.3 Å². The molecule has 2 fully saturated rings. The predicted molar refractivity (Wildman–Crippen MR) is 58.1 cm³/mol. The Morgan fingerprint density at radius 2 is 2.21 bits per heavy atom. The number of hydrogen-bond acceptors (Lipinski definition) is 2. The van der Waals surface area contributed by atoms with E-state index in [9.17, 15) is 0 Å². The third-order valence-corrected chi connectivity index (χ3v) is 4.05. The van der Waals surface area contributed by atoms with Crippen LogP contribution in [-0.2, 0) is 4.74 Å². The Labute approximate surface area is 87.2 Å². The zero-order valence-corrected chi connectivity index (χ0v) is 9.46. The van der Waals surface area contributed by atoms with Crippen LogP contribution in [-0.4, -0.2) is 18.8 Å². The number of fused-ring (bicyclic) bond motifs is 2. The molecule has 2 bridgehead atoms. The van der Waals surface area contributed by atoms with Crippen molar-refractivity contribution in [3.63, 3.8) is 0 Å². The standard InChI is InChI=1S/C12H23NO/c1-9(2)5-6-12(8-13)7-10-3-4-11(12)14-10/h9-11H,3-8,13H2,1-2H3. The van der Waals surface area contributed by atoms with E-state index in [0.717, 1.165) is 12.5 Å². The van der Waals surface area contributed by atoms with Crippen LogP contribution in [0.5, 0.6) is 0 Å². The zero-order chi connectivity index (χ0) is 10.2. The maximum absolute atomic E-state index is 5.96. The highest BCUT2D eigenvalue weighted by molar-refractivity contribution is 5.01. The van der Waals surface area contributed by atoms with Crippen molar-refractivity contribution in [1.82, 2.24) is 0 Å². The second kappa shape index (κ2) is 3.82. The van der Waals surface area contributed by atoms with Crippen molar-refractivity contribution >= 4 is 0 Å². The zero-order valence-electron chi connectivity index (χ0n) is 9.46. The quantitative estimate of drug-likeness (QED) is 0.750. The predicted octanol–water partition coefficient (Wildman–Crippen LogP) is 2.32. The van der Waals surface area contributed by atoms with Gasteiger partial charge in [-0.15, -0.1) is 0 Å². The van der Waals surface area contributed by atoms with E-state index in [0.29, 0.717) is 17.6 Å². The summed E-state index contributed by atoms with van der Waals surface area (Å²) in [6, 6.07) is 0. The Kier molecular flexibility index (Phi) is 2.85. The van der Waals surface area contributed by atoms with Gasteiger partial charge in [0.2, 0.25) is 0 Å². The molecule has 0 aromatic heterocycles. The highest BCUT2D eigenvalue weighted by Gasteiger charge is 2.50. The molecule has 2 heterocycles. The summed E-state index contributed by atoms with van der Waals surface area (Å²) in [6.07, 6.45) is 7.33. The third kappa shape index (κ3) is 1.70. The molecule has 3 unspecified atom stereocenters. The Balaban J connectivity index is 1.97. The van der Waals surface area contributed by atoms with Gasteiger partial charge in [-0.25, -0.2) is 0 Å². The van der Waals surface area contributed by atoms with Gasteiger partial charge in [0.25, 0.3) is 0 Å². The van der Waals surface area contributed by atoms with E-state index in [1.807, 2.05) is 0 Å². The second-order valence-corrected chi connectivity index (χ2v) is 5.53. The first-order valence-corrected chi connectivity index (χ1v) is 6.02. The first-order valence-electron chi connectivity index (χ1n) is 6.02. The molecule has 2 nitrogen and oxygen atoms in total. The van der Waals surface area contributed by atoms with Crippen molar-refractivity contribution in [3.05, 3.63) is 0 Å². The molecule has 0 amide bonds. The molecule has 0 saturated carbocycles. The SMILES string of the molecule is CC(C)CCC1(CN)CC2CCC1O2. The van der Waals surface area contributed by atoms with E-state index >= 15 is 0 Å². The highest BCUT2D eigenvalue weighted by atomic mass is 16.5. The van der Waals surface area contributed by atoms with Gasteiger partial charge in [-0.1, -0.05) is 20.3 Å². The maximum atomic E-state index is 5.96. The Bertz CT molecular complexity index is 204. The lowest BCUT2D eigenvalue weighted by Crippen LogP contribution is -2.39. The lowest BCUT2D eigenvalue weighted by molar-refractivity contribution is 0.0575. The van der Waals surface area contributed by atoms with Crippen molar-refractivity contribution in [1.29, 1.82) is 0 Å². The van der Waals surface area contributed by atoms with Crippen molar-refractivity contribution in [3.8, 4) is 0 Å². The highest BCUT2D eigenvalue weighted by Crippen LogP contribution is 2.50. The summed E-state index contributed by atoms with van der Waals surface area (Å²) in [4.78, 5) is 0. The van der Waals surface area contributed by atoms with Gasteiger partial charge in [0.1, 0.15) is 0 Å². The van der Waals surface area contributed by atoms with Crippen LogP contribution >= 0.6 is 0 Å². The number of nitrogens with two attached hydrogens (primary N) is 1. The molecule has 2 rings (SSSR count). The maximum Gasteiger partial charge on any atom is 0.0649 e. The van der Waals surface area contributed by atoms with E-state index in [2.05, 4.69) is 13.8 Å². The smallest absolute Gasteiger partial charge is 0.0649 e. The first-order chi connectivity index (χ1) is 6.66. The lowest BCUT2D eigenvalue weighted by atomic mass is 9.70. The van der Waals surface area contributed by atoms with E-state index in [4.69, 9.17) is 10.5 Å². The molecule has 14 heavy (non-hydrogen) atoms. The van der Waals surface area contributed by atoms with E-state index < -0.39 is 0 Å². The molecule has 2 aliphatic heterocycles. The first kappa shape index (κ1) is 10.4. The minimum atomic E-state index is 0.340. The fourth-order valence-corrected chi connectivity index (χ4v) is 3.05. The molecule has 2 N–H and O–H groups in total. The average molecular weight is 197 g/mol. The summed E-state index contributed by atoms with van der Waals surface area (Å²) in [6.45, 7) is 5.40. The van der Waals surface area contributed by atoms with Gasteiger partial charge in [-0.3, -0.25) is 0 Å². The van der Waals surface area contributed by atoms with Gasteiger partial charge in [0.05, 0.1) is 12.2 Å². The van der Waals surface area contributed by atoms with Crippen LogP contribution in [0.1, 0.15) is 46.0 Å². The average Bonchev–Trinajstić information content (AvgIpc) is 2.74. The van der Waals surface area contributed by atoms with E-state index in [1.54, 1.807) is 0 Å². The third-order valence-electron chi connectivity index (χ3n) is 4.05. The normalized spacial score (nSPS) is 41.1. The molecule has 0 aliphatic carbocycles. The summed E-state index contributed by atoms with van der Waals surface area (Å²) in [5, 5.41) is 0. The molecule has 2 aliphatic rings. The van der Waals surface area contributed by atoms with Crippen LogP contribution in [0.25, 0.3) is 0 Å². The summed E-state index contributed by atoms with van der Waals surface area (Å²) in [7, 11) is 0. The van der Waals surface area contributed by atoms with Crippen LogP contribution in [0.3, 0.4) is 0 Å². The van der Waals surface area contributed by atoms with Crippen LogP contribution < -0.4 is 5.73 Å². The number of rotatable bonds is 4. The van der Waals surface area contributed by atoms with E-state index in [-0.39, 0.29) is 0 Å². The van der Waals surface area contributed by atoms with Crippen molar-refractivity contribution in [2.45, 2.75) is 58.2 Å². The molecular formula is C12H23NO. The Morgan fingerprint density at radius 1 is 1.43 bits per heavy atom. The monoisotopic (exact) mass is 197 g/mol. The Hall–Kier alpha value is -0.0800. The van der Waals surface area contributed by atoms with Gasteiger partial charge in [0.15, 0.2) is 0 Å². The number of hydrogen-bond donors (Lipinski definition) is 1. The fourth-order valence-electron chi connectivity index (χ4n) is 3.05. The van der Waals surface area contributed by atoms with Crippen molar-refractivity contribution in [2.24, 2.45) is 17.1 Å². The van der Waals surface area contributed by atoms with Gasteiger partial charge in [-0.2, -0.15) is 0 Å².